The van der Waals surface area contributed by atoms with Gasteiger partial charge >= 0.3 is 12.1 Å². The van der Waals surface area contributed by atoms with Crippen LogP contribution in [0.4, 0.5) is 19.2 Å². The van der Waals surface area contributed by atoms with E-state index in [2.05, 4.69) is 9.72 Å². The van der Waals surface area contributed by atoms with Gasteiger partial charge in [-0.1, -0.05) is 0 Å². The van der Waals surface area contributed by atoms with Crippen molar-refractivity contribution in [3.05, 3.63) is 11.5 Å². The second-order valence-electron chi connectivity index (χ2n) is 5.10. The molecule has 0 saturated carbocycles. The molecule has 122 valence electrons. The Hall–Kier alpha value is -1.58. The van der Waals surface area contributed by atoms with Crippen LogP contribution in [0.15, 0.2) is 4.42 Å². The number of halogens is 3. The lowest BCUT2D eigenvalue weighted by molar-refractivity contribution is -0.141. The van der Waals surface area contributed by atoms with E-state index in [4.69, 9.17) is 4.42 Å². The van der Waals surface area contributed by atoms with Gasteiger partial charge in [-0.2, -0.15) is 18.2 Å². The molecule has 2 aliphatic rings. The molecule has 2 bridgehead atoms. The van der Waals surface area contributed by atoms with Crippen LogP contribution in [0.25, 0.3) is 0 Å². The molecule has 2 fully saturated rings. The molecule has 6 nitrogen and oxygen atoms in total. The van der Waals surface area contributed by atoms with Crippen LogP contribution in [0.2, 0.25) is 0 Å². The highest BCUT2D eigenvalue weighted by atomic mass is 32.2. The molecule has 1 aromatic rings. The summed E-state index contributed by atoms with van der Waals surface area (Å²) in [5.74, 6) is -1.75. The number of anilines is 1. The number of ether oxygens (including phenoxy) is 1. The van der Waals surface area contributed by atoms with Crippen molar-refractivity contribution in [3.8, 4) is 0 Å². The molecule has 0 spiro atoms. The van der Waals surface area contributed by atoms with Crippen LogP contribution in [-0.2, 0) is 21.7 Å². The molecule has 0 aromatic carbocycles. The number of hydrogen-bond donors (Lipinski definition) is 0. The van der Waals surface area contributed by atoms with Crippen LogP contribution in [0.3, 0.4) is 0 Å². The summed E-state index contributed by atoms with van der Waals surface area (Å²) in [7, 11) is -0.958. The van der Waals surface area contributed by atoms with Gasteiger partial charge in [0, 0.05) is 29.1 Å². The molecule has 3 rings (SSSR count). The third-order valence-electron chi connectivity index (χ3n) is 3.70. The Morgan fingerprint density at radius 3 is 2.77 bits per heavy atom. The van der Waals surface area contributed by atoms with Crippen LogP contribution >= 0.6 is 0 Å². The van der Waals surface area contributed by atoms with E-state index in [-0.39, 0.29) is 23.9 Å². The summed E-state index contributed by atoms with van der Waals surface area (Å²) < 4.78 is 60.2. The molecule has 10 heteroatoms. The summed E-state index contributed by atoms with van der Waals surface area (Å²) in [6.45, 7) is 1.73. The fraction of sp³-hybridized carbons (Fsp3) is 0.667. The van der Waals surface area contributed by atoms with Crippen molar-refractivity contribution < 1.29 is 31.3 Å². The van der Waals surface area contributed by atoms with Crippen molar-refractivity contribution in [2.45, 2.75) is 30.8 Å². The molecule has 22 heavy (non-hydrogen) atoms. The Kier molecular flexibility index (Phi) is 3.66. The second-order valence-corrected chi connectivity index (χ2v) is 6.87. The van der Waals surface area contributed by atoms with Gasteiger partial charge in [0.05, 0.1) is 11.9 Å². The number of carbonyl (C=O) groups excluding carboxylic acids is 1. The van der Waals surface area contributed by atoms with Gasteiger partial charge in [-0.15, -0.1) is 0 Å². The van der Waals surface area contributed by atoms with Gasteiger partial charge in [-0.25, -0.2) is 4.79 Å². The minimum atomic E-state index is -4.81. The summed E-state index contributed by atoms with van der Waals surface area (Å²) in [4.78, 5) is 16.6. The van der Waals surface area contributed by atoms with Gasteiger partial charge in [-0.3, -0.25) is 4.21 Å². The van der Waals surface area contributed by atoms with Gasteiger partial charge in [-0.05, 0) is 13.3 Å². The quantitative estimate of drug-likeness (QED) is 0.779. The fourth-order valence-electron chi connectivity index (χ4n) is 2.74. The number of carbonyl (C=O) groups is 1. The highest BCUT2D eigenvalue weighted by molar-refractivity contribution is 7.86. The molecule has 1 unspecified atom stereocenters. The lowest BCUT2D eigenvalue weighted by atomic mass is 10.2. The van der Waals surface area contributed by atoms with Crippen molar-refractivity contribution in [2.24, 2.45) is 0 Å². The number of nitrogens with zero attached hydrogens (tertiary/aromatic N) is 2. The maximum Gasteiger partial charge on any atom is 0.437 e. The maximum absolute atomic E-state index is 13.0. The lowest BCUT2D eigenvalue weighted by Gasteiger charge is -2.24. The van der Waals surface area contributed by atoms with Crippen LogP contribution in [0.5, 0.6) is 0 Å². The molecular formula is C12H13F3N2O4S. The van der Waals surface area contributed by atoms with Crippen LogP contribution in [0, 0.1) is 0 Å². The average Bonchev–Trinajstić information content (AvgIpc) is 3.09. The molecule has 0 N–H and O–H groups in total. The minimum absolute atomic E-state index is 0.0699. The number of oxazole rings is 1. The number of esters is 1. The average molecular weight is 338 g/mol. The number of hydrogen-bond acceptors (Lipinski definition) is 6. The number of fused-ring (bicyclic) bond motifs is 2. The first-order chi connectivity index (χ1) is 10.3. The topological polar surface area (TPSA) is 72.6 Å². The Bertz CT molecular complexity index is 630. The standard InChI is InChI=1S/C12H13F3N2O4S/c1-2-20-10(18)8-9(12(13,14)15)16-11(21-8)17-4-7-3-6(17)5-22(7)19/h6-7H,2-5H2,1H3/t6-,7-,22?/m0/s1. The summed E-state index contributed by atoms with van der Waals surface area (Å²) in [5.41, 5.74) is -1.38. The highest BCUT2D eigenvalue weighted by Crippen LogP contribution is 2.38. The maximum atomic E-state index is 13.0. The molecule has 3 atom stereocenters. The molecule has 1 aromatic heterocycles. The predicted octanol–water partition coefficient (Wildman–Crippen LogP) is 1.58. The first-order valence-electron chi connectivity index (χ1n) is 6.70. The van der Waals surface area contributed by atoms with Crippen LogP contribution < -0.4 is 4.90 Å². The summed E-state index contributed by atoms with van der Waals surface area (Å²) >= 11 is 0. The zero-order valence-corrected chi connectivity index (χ0v) is 12.4. The van der Waals surface area contributed by atoms with Crippen molar-refractivity contribution in [3.63, 3.8) is 0 Å². The second kappa shape index (κ2) is 5.25. The Morgan fingerprint density at radius 2 is 2.27 bits per heavy atom. The van der Waals surface area contributed by atoms with Crippen molar-refractivity contribution in [2.75, 3.05) is 23.8 Å². The third kappa shape index (κ3) is 2.49. The normalized spacial score (nSPS) is 27.5. The monoisotopic (exact) mass is 338 g/mol. The first-order valence-corrected chi connectivity index (χ1v) is 8.08. The van der Waals surface area contributed by atoms with Gasteiger partial charge < -0.3 is 14.1 Å². The van der Waals surface area contributed by atoms with E-state index in [1.165, 1.54) is 6.92 Å². The molecule has 0 amide bonds. The summed E-state index contributed by atoms with van der Waals surface area (Å²) in [6.07, 6.45) is -4.18. The number of rotatable bonds is 3. The van der Waals surface area contributed by atoms with E-state index in [0.29, 0.717) is 18.7 Å². The zero-order chi connectivity index (χ0) is 16.1. The predicted molar refractivity (Wildman–Crippen MR) is 70.0 cm³/mol. The first kappa shape index (κ1) is 15.3. The zero-order valence-electron chi connectivity index (χ0n) is 11.6. The van der Waals surface area contributed by atoms with E-state index < -0.39 is 34.4 Å². The van der Waals surface area contributed by atoms with Gasteiger partial charge in [0.2, 0.25) is 5.76 Å². The minimum Gasteiger partial charge on any atom is -0.460 e. The van der Waals surface area contributed by atoms with Crippen LogP contribution in [0.1, 0.15) is 29.6 Å². The van der Waals surface area contributed by atoms with E-state index in [9.17, 15) is 22.2 Å². The Labute approximate surface area is 126 Å². The van der Waals surface area contributed by atoms with Gasteiger partial charge in [0.15, 0.2) is 5.69 Å². The van der Waals surface area contributed by atoms with Crippen molar-refractivity contribution in [1.82, 2.24) is 4.98 Å². The number of aromatic nitrogens is 1. The van der Waals surface area contributed by atoms with Gasteiger partial charge in [0.25, 0.3) is 6.01 Å². The lowest BCUT2D eigenvalue weighted by Crippen LogP contribution is -2.38. The summed E-state index contributed by atoms with van der Waals surface area (Å²) in [5, 5.41) is -0.0859. The molecule has 3 heterocycles. The molecular weight excluding hydrogens is 325 g/mol. The van der Waals surface area contributed by atoms with E-state index in [1.807, 2.05) is 0 Å². The molecule has 0 aliphatic carbocycles. The van der Waals surface area contributed by atoms with E-state index in [0.717, 1.165) is 0 Å². The van der Waals surface area contributed by atoms with Crippen molar-refractivity contribution >= 4 is 22.8 Å². The SMILES string of the molecule is CCOC(=O)c1oc(N2C[C@@H]3C[C@H]2CS3=O)nc1C(F)(F)F. The molecule has 0 radical (unpaired) electrons. The summed E-state index contributed by atoms with van der Waals surface area (Å²) in [6, 6.07) is -0.430. The molecule has 2 aliphatic heterocycles. The third-order valence-corrected chi connectivity index (χ3v) is 5.49. The van der Waals surface area contributed by atoms with Crippen molar-refractivity contribution in [1.29, 1.82) is 0 Å². The highest BCUT2D eigenvalue weighted by Gasteiger charge is 2.47. The smallest absolute Gasteiger partial charge is 0.437 e. The van der Waals surface area contributed by atoms with Crippen LogP contribution in [-0.4, -0.2) is 45.4 Å². The Morgan fingerprint density at radius 1 is 1.55 bits per heavy atom. The number of alkyl halides is 3. The van der Waals surface area contributed by atoms with E-state index >= 15 is 0 Å². The van der Waals surface area contributed by atoms with E-state index in [1.54, 1.807) is 4.90 Å². The largest absolute Gasteiger partial charge is 0.460 e. The fourth-order valence-corrected chi connectivity index (χ4v) is 4.47. The van der Waals surface area contributed by atoms with Gasteiger partial charge in [0.1, 0.15) is 0 Å². The molecule has 2 saturated heterocycles. The Balaban J connectivity index is 1.94.